The van der Waals surface area contributed by atoms with E-state index in [1.807, 2.05) is 39.0 Å². The van der Waals surface area contributed by atoms with E-state index in [9.17, 15) is 14.3 Å². The standard InChI is InChI=1S/C21H27FN6O2/c1-12(2)26-19-15(20(29)25-11-17(22)21(4,5)30)10-24-18-9-16(27-28(18)19)14-7-6-8-23-13(14)3/h6-10,12,17,26,30H,11H2,1-5H3,(H,25,29)/t17-/m1/s1. The normalized spacial score (nSPS) is 12.9. The summed E-state index contributed by atoms with van der Waals surface area (Å²) >= 11 is 0. The minimum atomic E-state index is -1.61. The Balaban J connectivity index is 2.00. The van der Waals surface area contributed by atoms with Gasteiger partial charge in [0.05, 0.1) is 17.8 Å². The highest BCUT2D eigenvalue weighted by atomic mass is 19.1. The first-order valence-electron chi connectivity index (χ1n) is 9.80. The lowest BCUT2D eigenvalue weighted by molar-refractivity contribution is -0.00177. The molecule has 3 aromatic heterocycles. The molecular formula is C21H27FN6O2. The third-order valence-electron chi connectivity index (χ3n) is 4.64. The van der Waals surface area contributed by atoms with Gasteiger partial charge in [-0.3, -0.25) is 9.78 Å². The lowest BCUT2D eigenvalue weighted by Crippen LogP contribution is -2.42. The molecule has 0 aliphatic rings. The summed E-state index contributed by atoms with van der Waals surface area (Å²) in [6.45, 7) is 8.17. The fourth-order valence-corrected chi connectivity index (χ4v) is 2.93. The quantitative estimate of drug-likeness (QED) is 0.549. The van der Waals surface area contributed by atoms with Crippen molar-refractivity contribution in [2.45, 2.75) is 52.4 Å². The molecule has 0 fully saturated rings. The highest BCUT2D eigenvalue weighted by Crippen LogP contribution is 2.25. The summed E-state index contributed by atoms with van der Waals surface area (Å²) in [4.78, 5) is 21.4. The van der Waals surface area contributed by atoms with Crippen LogP contribution < -0.4 is 10.6 Å². The maximum atomic E-state index is 14.1. The van der Waals surface area contributed by atoms with E-state index >= 15 is 0 Å². The van der Waals surface area contributed by atoms with Crippen LogP contribution in [-0.4, -0.2) is 55.0 Å². The van der Waals surface area contributed by atoms with E-state index < -0.39 is 17.7 Å². The number of aromatic nitrogens is 4. The van der Waals surface area contributed by atoms with Crippen LogP contribution in [0.3, 0.4) is 0 Å². The number of aliphatic hydroxyl groups is 1. The summed E-state index contributed by atoms with van der Waals surface area (Å²) in [6.07, 6.45) is 1.55. The zero-order valence-electron chi connectivity index (χ0n) is 17.8. The highest BCUT2D eigenvalue weighted by molar-refractivity contribution is 5.99. The van der Waals surface area contributed by atoms with Crippen molar-refractivity contribution in [3.05, 3.63) is 41.9 Å². The Kier molecular flexibility index (Phi) is 6.02. The molecule has 0 spiro atoms. The average molecular weight is 414 g/mol. The van der Waals surface area contributed by atoms with Gasteiger partial charge in [0.2, 0.25) is 0 Å². The fourth-order valence-electron chi connectivity index (χ4n) is 2.93. The molecule has 0 aromatic carbocycles. The molecular weight excluding hydrogens is 387 g/mol. The van der Waals surface area contributed by atoms with Gasteiger partial charge in [-0.25, -0.2) is 9.37 Å². The predicted molar refractivity (Wildman–Crippen MR) is 113 cm³/mol. The third kappa shape index (κ3) is 4.56. The van der Waals surface area contributed by atoms with E-state index in [0.717, 1.165) is 11.3 Å². The molecule has 0 unspecified atom stereocenters. The molecule has 3 N–H and O–H groups in total. The van der Waals surface area contributed by atoms with E-state index in [-0.39, 0.29) is 18.2 Å². The lowest BCUT2D eigenvalue weighted by Gasteiger charge is -2.22. The van der Waals surface area contributed by atoms with Gasteiger partial charge in [-0.15, -0.1) is 0 Å². The summed E-state index contributed by atoms with van der Waals surface area (Å²) in [5.41, 5.74) is 1.63. The number of carbonyl (C=O) groups excluding carboxylic acids is 1. The molecule has 0 aliphatic carbocycles. The van der Waals surface area contributed by atoms with Crippen LogP contribution in [0.4, 0.5) is 10.2 Å². The minimum absolute atomic E-state index is 0.0141. The fraction of sp³-hybridized carbons (Fsp3) is 0.429. The van der Waals surface area contributed by atoms with Gasteiger partial charge in [0, 0.05) is 35.8 Å². The van der Waals surface area contributed by atoms with Gasteiger partial charge in [0.15, 0.2) is 5.65 Å². The van der Waals surface area contributed by atoms with Crippen LogP contribution in [-0.2, 0) is 0 Å². The first-order chi connectivity index (χ1) is 14.1. The number of fused-ring (bicyclic) bond motifs is 1. The topological polar surface area (TPSA) is 104 Å². The summed E-state index contributed by atoms with van der Waals surface area (Å²) in [5, 5.41) is 20.1. The van der Waals surface area contributed by atoms with Crippen molar-refractivity contribution >= 4 is 17.4 Å². The van der Waals surface area contributed by atoms with Crippen molar-refractivity contribution in [1.29, 1.82) is 0 Å². The number of pyridine rings is 1. The zero-order valence-corrected chi connectivity index (χ0v) is 17.8. The maximum Gasteiger partial charge on any atom is 0.256 e. The Hall–Kier alpha value is -3.07. The van der Waals surface area contributed by atoms with Crippen LogP contribution in [0, 0.1) is 6.92 Å². The maximum absolute atomic E-state index is 14.1. The average Bonchev–Trinajstić information content (AvgIpc) is 3.09. The molecule has 0 saturated carbocycles. The Morgan fingerprint density at radius 2 is 2.07 bits per heavy atom. The van der Waals surface area contributed by atoms with Crippen LogP contribution in [0.25, 0.3) is 16.9 Å². The minimum Gasteiger partial charge on any atom is -0.387 e. The SMILES string of the molecule is Cc1ncccc1-c1cc2ncc(C(=O)NC[C@@H](F)C(C)(C)O)c(NC(C)C)n2n1. The first kappa shape index (κ1) is 21.6. The van der Waals surface area contributed by atoms with Crippen LogP contribution in [0.1, 0.15) is 43.7 Å². The van der Waals surface area contributed by atoms with E-state index in [1.54, 1.807) is 10.7 Å². The molecule has 0 radical (unpaired) electrons. The molecule has 1 atom stereocenters. The van der Waals surface area contributed by atoms with E-state index in [1.165, 1.54) is 20.0 Å². The number of anilines is 1. The number of nitrogens with one attached hydrogen (secondary N) is 2. The second-order valence-corrected chi connectivity index (χ2v) is 8.09. The van der Waals surface area contributed by atoms with Crippen molar-refractivity contribution in [3.63, 3.8) is 0 Å². The lowest BCUT2D eigenvalue weighted by atomic mass is 10.0. The number of hydrogen-bond acceptors (Lipinski definition) is 6. The molecule has 3 aromatic rings. The van der Waals surface area contributed by atoms with Crippen LogP contribution in [0.5, 0.6) is 0 Å². The molecule has 0 bridgehead atoms. The van der Waals surface area contributed by atoms with Crippen molar-refractivity contribution in [2.24, 2.45) is 0 Å². The van der Waals surface area contributed by atoms with Gasteiger partial charge in [-0.05, 0) is 46.8 Å². The van der Waals surface area contributed by atoms with E-state index in [0.29, 0.717) is 17.2 Å². The molecule has 0 aliphatic heterocycles. The van der Waals surface area contributed by atoms with Gasteiger partial charge in [0.25, 0.3) is 5.91 Å². The van der Waals surface area contributed by atoms with Crippen molar-refractivity contribution in [3.8, 4) is 11.3 Å². The summed E-state index contributed by atoms with van der Waals surface area (Å²) in [5.74, 6) is -0.0481. The molecule has 30 heavy (non-hydrogen) atoms. The first-order valence-corrected chi connectivity index (χ1v) is 9.80. The Morgan fingerprint density at radius 1 is 1.33 bits per heavy atom. The smallest absolute Gasteiger partial charge is 0.256 e. The number of amides is 1. The van der Waals surface area contributed by atoms with Gasteiger partial charge < -0.3 is 15.7 Å². The number of halogens is 1. The molecule has 8 nitrogen and oxygen atoms in total. The van der Waals surface area contributed by atoms with Gasteiger partial charge in [-0.1, -0.05) is 0 Å². The van der Waals surface area contributed by atoms with E-state index in [2.05, 4.69) is 25.7 Å². The summed E-state index contributed by atoms with van der Waals surface area (Å²) in [7, 11) is 0. The molecule has 1 amide bonds. The monoisotopic (exact) mass is 414 g/mol. The van der Waals surface area contributed by atoms with Gasteiger partial charge in [0.1, 0.15) is 17.6 Å². The highest BCUT2D eigenvalue weighted by Gasteiger charge is 2.27. The summed E-state index contributed by atoms with van der Waals surface area (Å²) < 4.78 is 15.6. The number of aryl methyl sites for hydroxylation is 1. The molecule has 9 heteroatoms. The third-order valence-corrected chi connectivity index (χ3v) is 4.64. The summed E-state index contributed by atoms with van der Waals surface area (Å²) in [6, 6.07) is 5.59. The zero-order chi connectivity index (χ0) is 22.1. The number of alkyl halides is 1. The molecule has 160 valence electrons. The van der Waals surface area contributed by atoms with Gasteiger partial charge in [-0.2, -0.15) is 9.61 Å². The van der Waals surface area contributed by atoms with Crippen molar-refractivity contribution < 1.29 is 14.3 Å². The molecule has 3 rings (SSSR count). The van der Waals surface area contributed by atoms with E-state index in [4.69, 9.17) is 0 Å². The number of rotatable bonds is 7. The number of hydrogen-bond donors (Lipinski definition) is 3. The van der Waals surface area contributed by atoms with Crippen molar-refractivity contribution in [2.75, 3.05) is 11.9 Å². The van der Waals surface area contributed by atoms with Crippen LogP contribution >= 0.6 is 0 Å². The number of carbonyl (C=O) groups is 1. The Bertz CT molecular complexity index is 1060. The Labute approximate surface area is 174 Å². The molecule has 0 saturated heterocycles. The molecule has 3 heterocycles. The van der Waals surface area contributed by atoms with Crippen LogP contribution in [0.2, 0.25) is 0 Å². The second-order valence-electron chi connectivity index (χ2n) is 8.09. The predicted octanol–water partition coefficient (Wildman–Crippen LogP) is 2.76. The second kappa shape index (κ2) is 8.35. The van der Waals surface area contributed by atoms with Crippen LogP contribution in [0.15, 0.2) is 30.6 Å². The van der Waals surface area contributed by atoms with Gasteiger partial charge >= 0.3 is 0 Å². The Morgan fingerprint density at radius 3 is 2.70 bits per heavy atom. The number of nitrogens with zero attached hydrogens (tertiary/aromatic N) is 4. The largest absolute Gasteiger partial charge is 0.387 e. The van der Waals surface area contributed by atoms with Crippen molar-refractivity contribution in [1.82, 2.24) is 24.9 Å².